The lowest BCUT2D eigenvalue weighted by molar-refractivity contribution is -0.160. The summed E-state index contributed by atoms with van der Waals surface area (Å²) < 4.78 is 5.49. The Labute approximate surface area is 201 Å². The zero-order valence-electron chi connectivity index (χ0n) is 20.6. The van der Waals surface area contributed by atoms with Crippen molar-refractivity contribution in [2.24, 2.45) is 28.8 Å². The number of pyridine rings is 1. The molecule has 0 amide bonds. The Hall–Kier alpha value is -2.99. The summed E-state index contributed by atoms with van der Waals surface area (Å²) in [4.78, 5) is 22.1. The van der Waals surface area contributed by atoms with Crippen LogP contribution in [0.4, 0.5) is 0 Å². The summed E-state index contributed by atoms with van der Waals surface area (Å²) in [5.41, 5.74) is 3.26. The second-order valence-electron chi connectivity index (χ2n) is 9.63. The van der Waals surface area contributed by atoms with Gasteiger partial charge in [-0.3, -0.25) is 4.98 Å². The average Bonchev–Trinajstić information content (AvgIpc) is 3.05. The molecular formula is C28H34N2O4. The van der Waals surface area contributed by atoms with Gasteiger partial charge in [-0.25, -0.2) is 4.79 Å². The topological polar surface area (TPSA) is 81.0 Å². The Balaban J connectivity index is 1.61. The highest BCUT2D eigenvalue weighted by molar-refractivity contribution is 6.04. The molecule has 2 aliphatic rings. The van der Waals surface area contributed by atoms with Gasteiger partial charge in [0.05, 0.1) is 11.4 Å². The molecule has 34 heavy (non-hydrogen) atoms. The monoisotopic (exact) mass is 462 g/mol. The van der Waals surface area contributed by atoms with Gasteiger partial charge in [0.15, 0.2) is 5.60 Å². The highest BCUT2D eigenvalue weighted by Crippen LogP contribution is 2.52. The second-order valence-corrected chi connectivity index (χ2v) is 9.63. The fourth-order valence-corrected chi connectivity index (χ4v) is 6.05. The van der Waals surface area contributed by atoms with Crippen molar-refractivity contribution < 1.29 is 19.5 Å². The summed E-state index contributed by atoms with van der Waals surface area (Å²) in [6, 6.07) is 12.1. The van der Waals surface area contributed by atoms with Crippen molar-refractivity contribution in [2.75, 3.05) is 7.11 Å². The number of aromatic nitrogens is 1. The standard InChI is InChI=1S/C28H34N2O4/c1-6-22-17(2)15-28(32)26(19(4)34-27(28)31)25(22)14-13-21-12-11-20(16-29-21)24-10-8-7-9-23(24)18(3)30-33-5/h7-14,16-17,19,22,25-26,32H,6,15H2,1-5H3/b14-13+,30-18+. The maximum Gasteiger partial charge on any atom is 0.338 e. The first kappa shape index (κ1) is 24.1. The van der Waals surface area contributed by atoms with Crippen molar-refractivity contribution in [3.05, 3.63) is 59.9 Å². The molecule has 0 bridgehead atoms. The van der Waals surface area contributed by atoms with Crippen LogP contribution in [0.1, 0.15) is 51.8 Å². The fraction of sp³-hybridized carbons (Fsp3) is 0.464. The number of allylic oxidation sites excluding steroid dienone is 1. The van der Waals surface area contributed by atoms with E-state index in [9.17, 15) is 9.90 Å². The predicted molar refractivity (Wildman–Crippen MR) is 133 cm³/mol. The number of cyclic esters (lactones) is 1. The first-order valence-electron chi connectivity index (χ1n) is 12.0. The Morgan fingerprint density at radius 3 is 2.74 bits per heavy atom. The van der Waals surface area contributed by atoms with Crippen LogP contribution in [0.2, 0.25) is 0 Å². The summed E-state index contributed by atoms with van der Waals surface area (Å²) in [5, 5.41) is 15.3. The van der Waals surface area contributed by atoms with E-state index >= 15 is 0 Å². The number of carbonyl (C=O) groups excluding carboxylic acids is 1. The zero-order valence-corrected chi connectivity index (χ0v) is 20.6. The molecule has 6 atom stereocenters. The van der Waals surface area contributed by atoms with Crippen molar-refractivity contribution in [1.82, 2.24) is 4.98 Å². The van der Waals surface area contributed by atoms with E-state index < -0.39 is 11.6 Å². The molecule has 2 fully saturated rings. The highest BCUT2D eigenvalue weighted by atomic mass is 16.6. The predicted octanol–water partition coefficient (Wildman–Crippen LogP) is 5.11. The molecule has 1 aromatic carbocycles. The Kier molecular flexibility index (Phi) is 6.89. The van der Waals surface area contributed by atoms with Crippen LogP contribution in [0.25, 0.3) is 17.2 Å². The number of nitrogens with zero attached hydrogens (tertiary/aromatic N) is 2. The molecule has 6 nitrogen and oxygen atoms in total. The molecule has 1 saturated heterocycles. The molecule has 1 N–H and O–H groups in total. The van der Waals surface area contributed by atoms with Gasteiger partial charge in [-0.15, -0.1) is 0 Å². The van der Waals surface area contributed by atoms with E-state index in [0.717, 1.165) is 34.5 Å². The van der Waals surface area contributed by atoms with Gasteiger partial charge in [-0.1, -0.05) is 61.8 Å². The van der Waals surface area contributed by atoms with Gasteiger partial charge < -0.3 is 14.7 Å². The van der Waals surface area contributed by atoms with E-state index in [0.29, 0.717) is 12.3 Å². The van der Waals surface area contributed by atoms with E-state index in [2.05, 4.69) is 30.1 Å². The molecule has 1 aliphatic heterocycles. The molecule has 4 rings (SSSR count). The molecule has 1 saturated carbocycles. The maximum atomic E-state index is 12.5. The van der Waals surface area contributed by atoms with Crippen molar-refractivity contribution in [3.8, 4) is 11.1 Å². The number of aliphatic hydroxyl groups is 1. The lowest BCUT2D eigenvalue weighted by Crippen LogP contribution is -2.53. The summed E-state index contributed by atoms with van der Waals surface area (Å²) in [6.45, 7) is 8.11. The molecule has 6 heteroatoms. The first-order valence-corrected chi connectivity index (χ1v) is 12.0. The molecule has 0 spiro atoms. The number of hydrogen-bond donors (Lipinski definition) is 1. The number of oxime groups is 1. The van der Waals surface area contributed by atoms with Crippen LogP contribution in [-0.2, 0) is 14.4 Å². The summed E-state index contributed by atoms with van der Waals surface area (Å²) in [6.07, 6.45) is 7.13. The summed E-state index contributed by atoms with van der Waals surface area (Å²) >= 11 is 0. The van der Waals surface area contributed by atoms with Crippen LogP contribution < -0.4 is 0 Å². The van der Waals surface area contributed by atoms with Gasteiger partial charge >= 0.3 is 5.97 Å². The molecule has 0 radical (unpaired) electrons. The van der Waals surface area contributed by atoms with Gasteiger partial charge in [0.25, 0.3) is 0 Å². The number of esters is 1. The highest BCUT2D eigenvalue weighted by Gasteiger charge is 2.62. The number of carbonyl (C=O) groups is 1. The minimum absolute atomic E-state index is 0.0373. The third kappa shape index (κ3) is 4.27. The summed E-state index contributed by atoms with van der Waals surface area (Å²) in [5.74, 6) is -0.0876. The van der Waals surface area contributed by atoms with Crippen LogP contribution in [-0.4, -0.2) is 40.6 Å². The van der Waals surface area contributed by atoms with E-state index in [-0.39, 0.29) is 23.9 Å². The van der Waals surface area contributed by atoms with E-state index in [4.69, 9.17) is 9.57 Å². The van der Waals surface area contributed by atoms with Gasteiger partial charge in [-0.05, 0) is 55.7 Å². The number of ether oxygens (including phenoxy) is 1. The van der Waals surface area contributed by atoms with Gasteiger partial charge in [0.1, 0.15) is 13.2 Å². The average molecular weight is 463 g/mol. The van der Waals surface area contributed by atoms with Crippen molar-refractivity contribution in [2.45, 2.75) is 52.2 Å². The van der Waals surface area contributed by atoms with E-state index in [1.54, 1.807) is 7.11 Å². The Bertz CT molecular complexity index is 1090. The minimum Gasteiger partial charge on any atom is -0.460 e. The van der Waals surface area contributed by atoms with Crippen molar-refractivity contribution in [3.63, 3.8) is 0 Å². The molecule has 6 unspecified atom stereocenters. The molecule has 1 aliphatic carbocycles. The zero-order chi connectivity index (χ0) is 24.5. The van der Waals surface area contributed by atoms with Crippen LogP contribution in [0, 0.1) is 23.7 Å². The quantitative estimate of drug-likeness (QED) is 0.367. The lowest BCUT2D eigenvalue weighted by Gasteiger charge is -2.45. The Morgan fingerprint density at radius 1 is 1.29 bits per heavy atom. The number of fused-ring (bicyclic) bond motifs is 1. The normalized spacial score (nSPS) is 31.4. The smallest absolute Gasteiger partial charge is 0.338 e. The van der Waals surface area contributed by atoms with Crippen LogP contribution in [0.5, 0.6) is 0 Å². The third-order valence-electron chi connectivity index (χ3n) is 7.58. The molecule has 2 heterocycles. The Morgan fingerprint density at radius 2 is 2.06 bits per heavy atom. The summed E-state index contributed by atoms with van der Waals surface area (Å²) in [7, 11) is 1.54. The van der Waals surface area contributed by atoms with Gasteiger partial charge in [0.2, 0.25) is 0 Å². The van der Waals surface area contributed by atoms with Crippen molar-refractivity contribution >= 4 is 17.8 Å². The van der Waals surface area contributed by atoms with E-state index in [1.165, 1.54) is 0 Å². The minimum atomic E-state index is -1.40. The first-order chi connectivity index (χ1) is 16.3. The molecule has 180 valence electrons. The lowest BCUT2D eigenvalue weighted by atomic mass is 9.59. The second kappa shape index (κ2) is 9.71. The van der Waals surface area contributed by atoms with Crippen LogP contribution in [0.15, 0.2) is 53.8 Å². The number of hydrogen-bond acceptors (Lipinski definition) is 6. The number of rotatable bonds is 6. The fourth-order valence-electron chi connectivity index (χ4n) is 6.05. The number of benzene rings is 1. The van der Waals surface area contributed by atoms with Crippen LogP contribution >= 0.6 is 0 Å². The largest absolute Gasteiger partial charge is 0.460 e. The molecule has 2 aromatic rings. The van der Waals surface area contributed by atoms with Gasteiger partial charge in [-0.2, -0.15) is 0 Å². The van der Waals surface area contributed by atoms with E-state index in [1.807, 2.05) is 62.5 Å². The van der Waals surface area contributed by atoms with Crippen LogP contribution in [0.3, 0.4) is 0 Å². The third-order valence-corrected chi connectivity index (χ3v) is 7.58. The SMILES string of the molecule is CCC1C(C)CC2(O)C(=O)OC(C)C2C1/C=C/c1ccc(-c2ccccc2/C(C)=N/OC)cn1. The maximum absolute atomic E-state index is 12.5. The molecule has 1 aromatic heterocycles. The van der Waals surface area contributed by atoms with Crippen molar-refractivity contribution in [1.29, 1.82) is 0 Å². The molecular weight excluding hydrogens is 428 g/mol. The van der Waals surface area contributed by atoms with Gasteiger partial charge in [0, 0.05) is 23.2 Å².